The van der Waals surface area contributed by atoms with E-state index < -0.39 is 6.10 Å². The van der Waals surface area contributed by atoms with Gasteiger partial charge in [0.05, 0.1) is 0 Å². The smallest absolute Gasteiger partial charge is 0.306 e. The lowest BCUT2D eigenvalue weighted by Gasteiger charge is -2.31. The molecule has 3 rings (SSSR count). The molecule has 2 atom stereocenters. The minimum absolute atomic E-state index is 0.0817. The molecule has 6 nitrogen and oxygen atoms in total. The van der Waals surface area contributed by atoms with Crippen LogP contribution in [0.2, 0.25) is 0 Å². The molecule has 226 valence electrons. The predicted molar refractivity (Wildman–Crippen MR) is 161 cm³/mol. The van der Waals surface area contributed by atoms with Crippen molar-refractivity contribution < 1.29 is 23.8 Å². The van der Waals surface area contributed by atoms with Crippen molar-refractivity contribution in [2.24, 2.45) is 5.92 Å². The summed E-state index contributed by atoms with van der Waals surface area (Å²) in [4.78, 5) is 28.8. The lowest BCUT2D eigenvalue weighted by Crippen LogP contribution is -2.33. The number of ether oxygens (including phenoxy) is 3. The number of unbranched alkanes of at least 4 members (excludes halogenated alkanes) is 10. The Kier molecular flexibility index (Phi) is 15.5. The zero-order valence-electron chi connectivity index (χ0n) is 25.4. The first-order chi connectivity index (χ1) is 19.6. The van der Waals surface area contributed by atoms with Crippen molar-refractivity contribution in [2.75, 3.05) is 32.8 Å². The molecular weight excluding hydrogens is 502 g/mol. The van der Waals surface area contributed by atoms with Gasteiger partial charge in [-0.2, -0.15) is 0 Å². The van der Waals surface area contributed by atoms with Gasteiger partial charge in [-0.15, -0.1) is 0 Å². The monoisotopic (exact) mass is 557 g/mol. The molecule has 40 heavy (non-hydrogen) atoms. The van der Waals surface area contributed by atoms with E-state index in [1.807, 2.05) is 18.2 Å². The SMILES string of the molecule is CCCCCCCCCC(=O)O[C@H](c1ccc2c(c1)OCCO2)[C@H](CC(=O)CCCCCCC)CN1CCCC1. The van der Waals surface area contributed by atoms with Gasteiger partial charge in [0.2, 0.25) is 0 Å². The van der Waals surface area contributed by atoms with Crippen molar-refractivity contribution >= 4 is 11.8 Å². The third-order valence-electron chi connectivity index (χ3n) is 8.31. The van der Waals surface area contributed by atoms with Gasteiger partial charge in [0.25, 0.3) is 0 Å². The molecule has 6 heteroatoms. The summed E-state index contributed by atoms with van der Waals surface area (Å²) in [5, 5.41) is 0. The highest BCUT2D eigenvalue weighted by atomic mass is 16.6. The maximum Gasteiger partial charge on any atom is 0.306 e. The third-order valence-corrected chi connectivity index (χ3v) is 8.31. The highest BCUT2D eigenvalue weighted by molar-refractivity contribution is 5.78. The fourth-order valence-corrected chi connectivity index (χ4v) is 5.98. The number of benzene rings is 1. The number of esters is 1. The quantitative estimate of drug-likeness (QED) is 0.112. The zero-order chi connectivity index (χ0) is 28.4. The Labute approximate surface area is 243 Å². The van der Waals surface area contributed by atoms with E-state index in [4.69, 9.17) is 14.2 Å². The second-order valence-electron chi connectivity index (χ2n) is 11.9. The van der Waals surface area contributed by atoms with Crippen LogP contribution in [0.15, 0.2) is 18.2 Å². The lowest BCUT2D eigenvalue weighted by molar-refractivity contribution is -0.154. The number of hydrogen-bond donors (Lipinski definition) is 0. The van der Waals surface area contributed by atoms with Crippen LogP contribution in [0.4, 0.5) is 0 Å². The molecular formula is C34H55NO5. The van der Waals surface area contributed by atoms with Crippen molar-refractivity contribution in [3.63, 3.8) is 0 Å². The topological polar surface area (TPSA) is 65.1 Å². The number of hydrogen-bond acceptors (Lipinski definition) is 6. The van der Waals surface area contributed by atoms with Gasteiger partial charge in [0, 0.05) is 31.7 Å². The van der Waals surface area contributed by atoms with Crippen LogP contribution in [-0.4, -0.2) is 49.5 Å². The van der Waals surface area contributed by atoms with Crippen molar-refractivity contribution in [1.29, 1.82) is 0 Å². The molecule has 1 aromatic rings. The Morgan fingerprint density at radius 1 is 0.800 bits per heavy atom. The summed E-state index contributed by atoms with van der Waals surface area (Å²) in [6, 6.07) is 5.88. The van der Waals surface area contributed by atoms with Crippen LogP contribution in [0.3, 0.4) is 0 Å². The summed E-state index contributed by atoms with van der Waals surface area (Å²) in [5.74, 6) is 1.46. The second kappa shape index (κ2) is 19.1. The highest BCUT2D eigenvalue weighted by Crippen LogP contribution is 2.38. The van der Waals surface area contributed by atoms with Gasteiger partial charge in [-0.3, -0.25) is 9.59 Å². The number of ketones is 1. The predicted octanol–water partition coefficient (Wildman–Crippen LogP) is 8.21. The molecule has 0 aromatic heterocycles. The van der Waals surface area contributed by atoms with Gasteiger partial charge in [-0.1, -0.05) is 84.1 Å². The zero-order valence-corrected chi connectivity index (χ0v) is 25.4. The van der Waals surface area contributed by atoms with Crippen LogP contribution < -0.4 is 9.47 Å². The van der Waals surface area contributed by atoms with E-state index >= 15 is 0 Å². The first-order valence-corrected chi connectivity index (χ1v) is 16.4. The largest absolute Gasteiger partial charge is 0.486 e. The Balaban J connectivity index is 1.70. The van der Waals surface area contributed by atoms with E-state index in [1.54, 1.807) is 0 Å². The number of likely N-dealkylation sites (tertiary alicyclic amines) is 1. The maximum atomic E-state index is 13.2. The summed E-state index contributed by atoms with van der Waals surface area (Å²) in [5.41, 5.74) is 0.900. The molecule has 0 unspecified atom stereocenters. The molecule has 0 spiro atoms. The Morgan fingerprint density at radius 3 is 2.08 bits per heavy atom. The van der Waals surface area contributed by atoms with E-state index in [0.717, 1.165) is 56.6 Å². The average Bonchev–Trinajstić information content (AvgIpc) is 3.48. The van der Waals surface area contributed by atoms with Crippen LogP contribution in [0.1, 0.15) is 135 Å². The van der Waals surface area contributed by atoms with E-state index in [9.17, 15) is 9.59 Å². The molecule has 0 N–H and O–H groups in total. The number of Topliss-reactive ketones (excluding diaryl/α,β-unsaturated/α-hetero) is 1. The third kappa shape index (κ3) is 11.8. The molecule has 1 saturated heterocycles. The Bertz CT molecular complexity index is 866. The first kappa shape index (κ1) is 32.4. The molecule has 0 amide bonds. The average molecular weight is 558 g/mol. The van der Waals surface area contributed by atoms with Gasteiger partial charge < -0.3 is 19.1 Å². The van der Waals surface area contributed by atoms with Gasteiger partial charge >= 0.3 is 5.97 Å². The normalized spacial score (nSPS) is 16.6. The minimum Gasteiger partial charge on any atom is -0.486 e. The van der Waals surface area contributed by atoms with Crippen molar-refractivity contribution in [3.05, 3.63) is 23.8 Å². The molecule has 1 aromatic carbocycles. The standard InChI is InChI=1S/C34H55NO5/c1-3-5-7-9-10-12-14-18-33(37)40-34(28-19-20-31-32(26-28)39-24-23-38-31)29(27-35-21-15-16-22-35)25-30(36)17-13-11-8-6-4-2/h19-20,26,29,34H,3-18,21-25,27H2,1-2H3/t29-,34-/m1/s1. The Hall–Kier alpha value is -2.08. The van der Waals surface area contributed by atoms with Gasteiger partial charge in [-0.05, 0) is 56.5 Å². The Morgan fingerprint density at radius 2 is 1.40 bits per heavy atom. The van der Waals surface area contributed by atoms with Crippen LogP contribution in [0, 0.1) is 5.92 Å². The first-order valence-electron chi connectivity index (χ1n) is 16.4. The van der Waals surface area contributed by atoms with Crippen molar-refractivity contribution in [1.82, 2.24) is 4.90 Å². The molecule has 2 aliphatic rings. The number of rotatable bonds is 21. The van der Waals surface area contributed by atoms with Crippen molar-refractivity contribution in [3.8, 4) is 11.5 Å². The fraction of sp³-hybridized carbons (Fsp3) is 0.765. The van der Waals surface area contributed by atoms with Gasteiger partial charge in [0.1, 0.15) is 25.1 Å². The molecule has 1 fully saturated rings. The number of nitrogens with zero attached hydrogens (tertiary/aromatic N) is 1. The summed E-state index contributed by atoms with van der Waals surface area (Å²) < 4.78 is 17.9. The van der Waals surface area contributed by atoms with Crippen LogP contribution in [0.25, 0.3) is 0 Å². The van der Waals surface area contributed by atoms with E-state index in [1.165, 1.54) is 64.2 Å². The minimum atomic E-state index is -0.475. The molecule has 0 saturated carbocycles. The number of carbonyl (C=O) groups excluding carboxylic acids is 2. The lowest BCUT2D eigenvalue weighted by atomic mass is 9.88. The number of fused-ring (bicyclic) bond motifs is 1. The molecule has 0 bridgehead atoms. The molecule has 0 aliphatic carbocycles. The van der Waals surface area contributed by atoms with Crippen LogP contribution in [-0.2, 0) is 14.3 Å². The highest BCUT2D eigenvalue weighted by Gasteiger charge is 2.32. The van der Waals surface area contributed by atoms with E-state index in [-0.39, 0.29) is 17.7 Å². The summed E-state index contributed by atoms with van der Waals surface area (Å²) in [7, 11) is 0. The van der Waals surface area contributed by atoms with Crippen LogP contribution in [0.5, 0.6) is 11.5 Å². The van der Waals surface area contributed by atoms with Crippen molar-refractivity contribution in [2.45, 2.75) is 129 Å². The molecule has 2 heterocycles. The fourth-order valence-electron chi connectivity index (χ4n) is 5.98. The van der Waals surface area contributed by atoms with Crippen LogP contribution >= 0.6 is 0 Å². The summed E-state index contributed by atoms with van der Waals surface area (Å²) in [6.45, 7) is 8.34. The van der Waals surface area contributed by atoms with E-state index in [2.05, 4.69) is 18.7 Å². The molecule has 0 radical (unpaired) electrons. The van der Waals surface area contributed by atoms with Gasteiger partial charge in [0.15, 0.2) is 11.5 Å². The summed E-state index contributed by atoms with van der Waals surface area (Å²) in [6.07, 6.45) is 17.2. The van der Waals surface area contributed by atoms with Gasteiger partial charge in [-0.25, -0.2) is 0 Å². The summed E-state index contributed by atoms with van der Waals surface area (Å²) >= 11 is 0. The maximum absolute atomic E-state index is 13.2. The number of carbonyl (C=O) groups is 2. The second-order valence-corrected chi connectivity index (χ2v) is 11.9. The molecule has 2 aliphatic heterocycles. The van der Waals surface area contributed by atoms with E-state index in [0.29, 0.717) is 38.2 Å².